The molecule has 2 aliphatic heterocycles. The van der Waals surface area contributed by atoms with Crippen molar-refractivity contribution in [1.82, 2.24) is 14.6 Å². The zero-order valence-corrected chi connectivity index (χ0v) is 23.0. The van der Waals surface area contributed by atoms with Gasteiger partial charge in [0, 0.05) is 37.1 Å². The van der Waals surface area contributed by atoms with E-state index in [4.69, 9.17) is 11.6 Å². The number of carbonyl (C=O) groups is 1. The van der Waals surface area contributed by atoms with Crippen LogP contribution < -0.4 is 0 Å². The van der Waals surface area contributed by atoms with E-state index in [-0.39, 0.29) is 23.4 Å². The highest BCUT2D eigenvalue weighted by Gasteiger charge is 2.40. The maximum Gasteiger partial charge on any atom is 0.376 e. The normalized spacial score (nSPS) is 21.4. The Morgan fingerprint density at radius 3 is 2.19 bits per heavy atom. The van der Waals surface area contributed by atoms with Gasteiger partial charge in [-0.25, -0.2) is 0 Å². The van der Waals surface area contributed by atoms with Crippen molar-refractivity contribution in [3.8, 4) is 0 Å². The molecule has 2 aromatic carbocycles. The fourth-order valence-electron chi connectivity index (χ4n) is 5.87. The summed E-state index contributed by atoms with van der Waals surface area (Å²) in [7, 11) is -0.404. The summed E-state index contributed by atoms with van der Waals surface area (Å²) in [5.74, 6) is 0.685. The summed E-state index contributed by atoms with van der Waals surface area (Å²) in [5, 5.41) is 10.6. The van der Waals surface area contributed by atoms with E-state index < -0.39 is 7.05 Å². The third-order valence-corrected chi connectivity index (χ3v) is 8.29. The van der Waals surface area contributed by atoms with Gasteiger partial charge in [0.1, 0.15) is 0 Å². The second-order valence-corrected chi connectivity index (χ2v) is 12.1. The highest BCUT2D eigenvalue weighted by Crippen LogP contribution is 2.36. The van der Waals surface area contributed by atoms with Gasteiger partial charge in [0.25, 0.3) is 0 Å². The Bertz CT molecular complexity index is 988. The highest BCUT2D eigenvalue weighted by atomic mass is 35.5. The zero-order valence-electron chi connectivity index (χ0n) is 22.2. The molecule has 2 aromatic rings. The predicted octanol–water partition coefficient (Wildman–Crippen LogP) is 5.20. The summed E-state index contributed by atoms with van der Waals surface area (Å²) >= 11 is 6.22. The van der Waals surface area contributed by atoms with Crippen LogP contribution in [0.3, 0.4) is 0 Å². The Balaban J connectivity index is 1.51. The smallest absolute Gasteiger partial charge is 0.376 e. The SMILES string of the molecule is CB(O)N1CCC(CC(=O)N2CCN(C(c3ccccc3)c3ccc(Cl)cc3)C[C@@H]2C(C)(C)C)CC1. The third kappa shape index (κ3) is 6.52. The summed E-state index contributed by atoms with van der Waals surface area (Å²) in [4.78, 5) is 20.4. The van der Waals surface area contributed by atoms with Gasteiger partial charge in [-0.1, -0.05) is 74.8 Å². The minimum absolute atomic E-state index is 0.0365. The van der Waals surface area contributed by atoms with E-state index in [1.54, 1.807) is 0 Å². The van der Waals surface area contributed by atoms with E-state index in [9.17, 15) is 9.82 Å². The fourth-order valence-corrected chi connectivity index (χ4v) is 5.99. The van der Waals surface area contributed by atoms with Crippen LogP contribution in [0.2, 0.25) is 11.8 Å². The molecule has 2 fully saturated rings. The minimum atomic E-state index is -0.404. The first-order chi connectivity index (χ1) is 17.1. The van der Waals surface area contributed by atoms with Crippen LogP contribution in [0, 0.1) is 11.3 Å². The average Bonchev–Trinajstić information content (AvgIpc) is 2.86. The van der Waals surface area contributed by atoms with E-state index in [0.29, 0.717) is 12.3 Å². The lowest BCUT2D eigenvalue weighted by atomic mass is 9.80. The Kier molecular flexibility index (Phi) is 8.82. The Morgan fingerprint density at radius 1 is 1.00 bits per heavy atom. The van der Waals surface area contributed by atoms with Gasteiger partial charge < -0.3 is 14.7 Å². The molecule has 0 saturated carbocycles. The number of rotatable bonds is 6. The van der Waals surface area contributed by atoms with Gasteiger partial charge in [-0.05, 0) is 67.3 Å². The number of amides is 1. The molecule has 7 heteroatoms. The Morgan fingerprint density at radius 2 is 1.61 bits per heavy atom. The van der Waals surface area contributed by atoms with Gasteiger partial charge in [-0.15, -0.1) is 0 Å². The van der Waals surface area contributed by atoms with Crippen LogP contribution in [0.4, 0.5) is 0 Å². The average molecular weight is 510 g/mol. The standard InChI is InChI=1S/C29H41BClN3O2/c1-29(2,3)26-21-32(28(23-8-6-5-7-9-23)24-10-12-25(31)13-11-24)18-19-34(26)27(35)20-22-14-16-33(17-15-22)30(4)36/h5-13,22,26,28,36H,14-21H2,1-4H3/t26-,28?/m1/s1. The molecule has 2 aliphatic rings. The largest absolute Gasteiger partial charge is 0.437 e. The van der Waals surface area contributed by atoms with Crippen molar-refractivity contribution in [2.75, 3.05) is 32.7 Å². The molecule has 0 spiro atoms. The molecular formula is C29H41BClN3O2. The van der Waals surface area contributed by atoms with Crippen molar-refractivity contribution in [3.63, 3.8) is 0 Å². The van der Waals surface area contributed by atoms with Gasteiger partial charge in [0.2, 0.25) is 5.91 Å². The van der Waals surface area contributed by atoms with E-state index in [1.807, 2.05) is 19.0 Å². The number of benzene rings is 2. The van der Waals surface area contributed by atoms with E-state index >= 15 is 0 Å². The molecule has 0 bridgehead atoms. The maximum absolute atomic E-state index is 13.6. The molecule has 36 heavy (non-hydrogen) atoms. The van der Waals surface area contributed by atoms with Crippen LogP contribution in [-0.4, -0.2) is 71.4 Å². The van der Waals surface area contributed by atoms with Crippen LogP contribution in [0.25, 0.3) is 0 Å². The first-order valence-corrected chi connectivity index (χ1v) is 13.8. The van der Waals surface area contributed by atoms with E-state index in [1.165, 1.54) is 11.1 Å². The summed E-state index contributed by atoms with van der Waals surface area (Å²) in [6, 6.07) is 19.1. The van der Waals surface area contributed by atoms with Crippen LogP contribution in [-0.2, 0) is 4.79 Å². The molecular weight excluding hydrogens is 469 g/mol. The van der Waals surface area contributed by atoms with Gasteiger partial charge in [0.15, 0.2) is 0 Å². The number of halogens is 1. The van der Waals surface area contributed by atoms with Crippen LogP contribution in [0.5, 0.6) is 0 Å². The van der Waals surface area contributed by atoms with Gasteiger partial charge in [-0.2, -0.15) is 0 Å². The molecule has 0 aromatic heterocycles. The molecule has 194 valence electrons. The number of nitrogens with zero attached hydrogens (tertiary/aromatic N) is 3. The molecule has 2 atom stereocenters. The molecule has 1 N–H and O–H groups in total. The topological polar surface area (TPSA) is 47.0 Å². The van der Waals surface area contributed by atoms with Gasteiger partial charge in [-0.3, -0.25) is 9.69 Å². The molecule has 4 rings (SSSR count). The number of piperazine rings is 1. The Labute approximate surface area is 222 Å². The van der Waals surface area contributed by atoms with Crippen molar-refractivity contribution in [2.24, 2.45) is 11.3 Å². The molecule has 0 radical (unpaired) electrons. The van der Waals surface area contributed by atoms with Crippen molar-refractivity contribution >= 4 is 24.6 Å². The summed E-state index contributed by atoms with van der Waals surface area (Å²) < 4.78 is 0. The van der Waals surface area contributed by atoms with Crippen LogP contribution in [0.15, 0.2) is 54.6 Å². The fraction of sp³-hybridized carbons (Fsp3) is 0.552. The van der Waals surface area contributed by atoms with Crippen molar-refractivity contribution in [1.29, 1.82) is 0 Å². The number of hydrogen-bond acceptors (Lipinski definition) is 4. The molecule has 5 nitrogen and oxygen atoms in total. The van der Waals surface area contributed by atoms with Crippen LogP contribution >= 0.6 is 11.6 Å². The van der Waals surface area contributed by atoms with Crippen LogP contribution in [0.1, 0.15) is 57.2 Å². The molecule has 1 unspecified atom stereocenters. The molecule has 1 amide bonds. The zero-order chi connectivity index (χ0) is 25.9. The third-order valence-electron chi connectivity index (χ3n) is 8.04. The first kappa shape index (κ1) is 27.2. The van der Waals surface area contributed by atoms with Crippen molar-refractivity contribution < 1.29 is 9.82 Å². The number of carbonyl (C=O) groups excluding carboxylic acids is 1. The monoisotopic (exact) mass is 509 g/mol. The highest BCUT2D eigenvalue weighted by molar-refractivity contribution is 6.45. The molecule has 2 heterocycles. The second kappa shape index (κ2) is 11.7. The lowest BCUT2D eigenvalue weighted by Gasteiger charge is -2.50. The quantitative estimate of drug-likeness (QED) is 0.544. The predicted molar refractivity (Wildman–Crippen MR) is 149 cm³/mol. The number of hydrogen-bond donors (Lipinski definition) is 1. The van der Waals surface area contributed by atoms with E-state index in [2.05, 4.69) is 77.8 Å². The second-order valence-electron chi connectivity index (χ2n) is 11.6. The van der Waals surface area contributed by atoms with Crippen molar-refractivity contribution in [2.45, 2.75) is 58.9 Å². The lowest BCUT2D eigenvalue weighted by Crippen LogP contribution is -2.60. The minimum Gasteiger partial charge on any atom is -0.437 e. The van der Waals surface area contributed by atoms with Crippen molar-refractivity contribution in [3.05, 3.63) is 70.7 Å². The summed E-state index contributed by atoms with van der Waals surface area (Å²) in [5.41, 5.74) is 2.45. The van der Waals surface area contributed by atoms with Gasteiger partial charge in [0.05, 0.1) is 6.04 Å². The van der Waals surface area contributed by atoms with Gasteiger partial charge >= 0.3 is 7.05 Å². The number of piperidine rings is 1. The van der Waals surface area contributed by atoms with E-state index in [0.717, 1.165) is 50.6 Å². The first-order valence-electron chi connectivity index (χ1n) is 13.4. The summed E-state index contributed by atoms with van der Waals surface area (Å²) in [6.45, 7) is 12.7. The summed E-state index contributed by atoms with van der Waals surface area (Å²) in [6.07, 6.45) is 2.56. The maximum atomic E-state index is 13.6. The molecule has 2 saturated heterocycles. The molecule has 0 aliphatic carbocycles. The Hall–Kier alpha value is -1.86. The lowest BCUT2D eigenvalue weighted by molar-refractivity contribution is -0.141.